The zero-order valence-electron chi connectivity index (χ0n) is 9.95. The van der Waals surface area contributed by atoms with Crippen LogP contribution in [0.15, 0.2) is 24.3 Å². The number of nitrogens with zero attached hydrogens (tertiary/aromatic N) is 1. The Bertz CT molecular complexity index is 344. The highest BCUT2D eigenvalue weighted by Crippen LogP contribution is 2.11. The minimum absolute atomic E-state index is 0.0572. The van der Waals surface area contributed by atoms with Gasteiger partial charge in [0.05, 0.1) is 0 Å². The summed E-state index contributed by atoms with van der Waals surface area (Å²) in [6, 6.07) is 7.79. The SMILES string of the molecule is Cc1cccc(C(=O)C(C)CN(C)C)c1. The van der Waals surface area contributed by atoms with Gasteiger partial charge in [-0.25, -0.2) is 0 Å². The number of benzene rings is 1. The van der Waals surface area contributed by atoms with Crippen LogP contribution in [0.25, 0.3) is 0 Å². The highest BCUT2D eigenvalue weighted by molar-refractivity contribution is 5.97. The number of hydrogen-bond acceptors (Lipinski definition) is 2. The lowest BCUT2D eigenvalue weighted by Crippen LogP contribution is -2.25. The lowest BCUT2D eigenvalue weighted by Gasteiger charge is -2.15. The molecule has 0 N–H and O–H groups in total. The molecule has 0 aliphatic rings. The zero-order valence-corrected chi connectivity index (χ0v) is 9.95. The third-order valence-corrected chi connectivity index (χ3v) is 2.39. The molecule has 1 aromatic carbocycles. The highest BCUT2D eigenvalue weighted by Gasteiger charge is 2.15. The van der Waals surface area contributed by atoms with Gasteiger partial charge >= 0.3 is 0 Å². The maximum Gasteiger partial charge on any atom is 0.166 e. The zero-order chi connectivity index (χ0) is 11.4. The molecule has 0 saturated heterocycles. The molecule has 2 heteroatoms. The summed E-state index contributed by atoms with van der Waals surface area (Å²) in [5.74, 6) is 0.286. The average Bonchev–Trinajstić information content (AvgIpc) is 2.15. The summed E-state index contributed by atoms with van der Waals surface area (Å²) in [5, 5.41) is 0. The van der Waals surface area contributed by atoms with Crippen molar-refractivity contribution in [1.29, 1.82) is 0 Å². The molecule has 1 aromatic rings. The summed E-state index contributed by atoms with van der Waals surface area (Å²) in [6.07, 6.45) is 0. The number of hydrogen-bond donors (Lipinski definition) is 0. The van der Waals surface area contributed by atoms with Crippen molar-refractivity contribution in [3.8, 4) is 0 Å². The third kappa shape index (κ3) is 3.48. The van der Waals surface area contributed by atoms with Gasteiger partial charge in [0.15, 0.2) is 5.78 Å². The minimum atomic E-state index is 0.0572. The average molecular weight is 205 g/mol. The van der Waals surface area contributed by atoms with E-state index in [9.17, 15) is 4.79 Å². The Morgan fingerprint density at radius 3 is 2.60 bits per heavy atom. The maximum atomic E-state index is 12.0. The number of aryl methyl sites for hydroxylation is 1. The first kappa shape index (κ1) is 11.9. The number of rotatable bonds is 4. The fourth-order valence-electron chi connectivity index (χ4n) is 1.71. The van der Waals surface area contributed by atoms with Crippen molar-refractivity contribution >= 4 is 5.78 Å². The van der Waals surface area contributed by atoms with Crippen LogP contribution >= 0.6 is 0 Å². The Morgan fingerprint density at radius 1 is 1.40 bits per heavy atom. The van der Waals surface area contributed by atoms with Gasteiger partial charge in [-0.15, -0.1) is 0 Å². The molecule has 82 valence electrons. The van der Waals surface area contributed by atoms with Gasteiger partial charge in [0.1, 0.15) is 0 Å². The minimum Gasteiger partial charge on any atom is -0.309 e. The maximum absolute atomic E-state index is 12.0. The first-order valence-corrected chi connectivity index (χ1v) is 5.26. The second-order valence-electron chi connectivity index (χ2n) is 4.40. The van der Waals surface area contributed by atoms with Crippen molar-refractivity contribution in [3.63, 3.8) is 0 Å². The van der Waals surface area contributed by atoms with Crippen LogP contribution in [-0.2, 0) is 0 Å². The van der Waals surface area contributed by atoms with Crippen LogP contribution < -0.4 is 0 Å². The van der Waals surface area contributed by atoms with Crippen molar-refractivity contribution < 1.29 is 4.79 Å². The Hall–Kier alpha value is -1.15. The predicted molar refractivity (Wildman–Crippen MR) is 63.2 cm³/mol. The van der Waals surface area contributed by atoms with Gasteiger partial charge in [0.2, 0.25) is 0 Å². The topological polar surface area (TPSA) is 20.3 Å². The molecule has 1 atom stereocenters. The normalized spacial score (nSPS) is 12.9. The molecule has 15 heavy (non-hydrogen) atoms. The number of Topliss-reactive ketones (excluding diaryl/α,β-unsaturated/α-hetero) is 1. The van der Waals surface area contributed by atoms with Crippen LogP contribution in [-0.4, -0.2) is 31.3 Å². The standard InChI is InChI=1S/C13H19NO/c1-10-6-5-7-12(8-10)13(15)11(2)9-14(3)4/h5-8,11H,9H2,1-4H3. The lowest BCUT2D eigenvalue weighted by molar-refractivity contribution is 0.0910. The van der Waals surface area contributed by atoms with E-state index in [0.717, 1.165) is 17.7 Å². The molecule has 1 rings (SSSR count). The Kier molecular flexibility index (Phi) is 4.04. The molecular formula is C13H19NO. The van der Waals surface area contributed by atoms with Gasteiger partial charge in [-0.2, -0.15) is 0 Å². The van der Waals surface area contributed by atoms with E-state index < -0.39 is 0 Å². The number of ketones is 1. The molecule has 2 nitrogen and oxygen atoms in total. The van der Waals surface area contributed by atoms with E-state index in [0.29, 0.717) is 0 Å². The Morgan fingerprint density at radius 2 is 2.07 bits per heavy atom. The summed E-state index contributed by atoms with van der Waals surface area (Å²) >= 11 is 0. The summed E-state index contributed by atoms with van der Waals surface area (Å²) in [5.41, 5.74) is 1.96. The van der Waals surface area contributed by atoms with Crippen LogP contribution in [0.5, 0.6) is 0 Å². The molecule has 0 heterocycles. The summed E-state index contributed by atoms with van der Waals surface area (Å²) < 4.78 is 0. The third-order valence-electron chi connectivity index (χ3n) is 2.39. The molecule has 0 aliphatic heterocycles. The highest BCUT2D eigenvalue weighted by atomic mass is 16.1. The van der Waals surface area contributed by atoms with Crippen LogP contribution in [0.2, 0.25) is 0 Å². The smallest absolute Gasteiger partial charge is 0.166 e. The Balaban J connectivity index is 2.76. The van der Waals surface area contributed by atoms with Gasteiger partial charge < -0.3 is 4.90 Å². The fraction of sp³-hybridized carbons (Fsp3) is 0.462. The van der Waals surface area contributed by atoms with Gasteiger partial charge in [-0.3, -0.25) is 4.79 Å². The molecule has 1 unspecified atom stereocenters. The van der Waals surface area contributed by atoms with Gasteiger partial charge in [0.25, 0.3) is 0 Å². The van der Waals surface area contributed by atoms with E-state index >= 15 is 0 Å². The lowest BCUT2D eigenvalue weighted by atomic mass is 9.98. The molecule has 0 fully saturated rings. The van der Waals surface area contributed by atoms with Crippen molar-refractivity contribution in [2.24, 2.45) is 5.92 Å². The first-order valence-electron chi connectivity index (χ1n) is 5.26. The summed E-state index contributed by atoms with van der Waals surface area (Å²) in [4.78, 5) is 14.0. The largest absolute Gasteiger partial charge is 0.309 e. The number of carbonyl (C=O) groups is 1. The van der Waals surface area contributed by atoms with E-state index in [4.69, 9.17) is 0 Å². The van der Waals surface area contributed by atoms with Crippen molar-refractivity contribution in [2.45, 2.75) is 13.8 Å². The summed E-state index contributed by atoms with van der Waals surface area (Å²) in [6.45, 7) is 4.78. The van der Waals surface area contributed by atoms with Crippen LogP contribution in [0.4, 0.5) is 0 Å². The van der Waals surface area contributed by atoms with Crippen LogP contribution in [0, 0.1) is 12.8 Å². The fourth-order valence-corrected chi connectivity index (χ4v) is 1.71. The van der Waals surface area contributed by atoms with Crippen molar-refractivity contribution in [1.82, 2.24) is 4.90 Å². The van der Waals surface area contributed by atoms with E-state index in [1.807, 2.05) is 57.1 Å². The monoisotopic (exact) mass is 205 g/mol. The molecule has 0 spiro atoms. The van der Waals surface area contributed by atoms with Crippen molar-refractivity contribution in [2.75, 3.05) is 20.6 Å². The van der Waals surface area contributed by atoms with E-state index in [2.05, 4.69) is 0 Å². The first-order chi connectivity index (χ1) is 7.00. The van der Waals surface area contributed by atoms with Gasteiger partial charge in [0, 0.05) is 18.0 Å². The quantitative estimate of drug-likeness (QED) is 0.703. The van der Waals surface area contributed by atoms with Gasteiger partial charge in [-0.05, 0) is 27.1 Å². The second-order valence-corrected chi connectivity index (χ2v) is 4.40. The number of carbonyl (C=O) groups excluding carboxylic acids is 1. The molecule has 0 aromatic heterocycles. The molecule has 0 aliphatic carbocycles. The van der Waals surface area contributed by atoms with Gasteiger partial charge in [-0.1, -0.05) is 30.7 Å². The van der Waals surface area contributed by atoms with Crippen molar-refractivity contribution in [3.05, 3.63) is 35.4 Å². The Labute approximate surface area is 91.9 Å². The molecule has 0 radical (unpaired) electrons. The second kappa shape index (κ2) is 5.08. The molecule has 0 amide bonds. The van der Waals surface area contributed by atoms with E-state index in [1.54, 1.807) is 0 Å². The summed E-state index contributed by atoms with van der Waals surface area (Å²) in [7, 11) is 3.97. The van der Waals surface area contributed by atoms with Crippen LogP contribution in [0.3, 0.4) is 0 Å². The van der Waals surface area contributed by atoms with Crippen LogP contribution in [0.1, 0.15) is 22.8 Å². The molecule has 0 bridgehead atoms. The molecular weight excluding hydrogens is 186 g/mol. The molecule has 0 saturated carbocycles. The van der Waals surface area contributed by atoms with E-state index in [-0.39, 0.29) is 11.7 Å². The predicted octanol–water partition coefficient (Wildman–Crippen LogP) is 2.38. The van der Waals surface area contributed by atoms with E-state index in [1.165, 1.54) is 0 Å².